The topological polar surface area (TPSA) is 26.3 Å². The van der Waals surface area contributed by atoms with Crippen LogP contribution in [0.3, 0.4) is 0 Å². The van der Waals surface area contributed by atoms with Crippen molar-refractivity contribution in [2.24, 2.45) is 0 Å². The summed E-state index contributed by atoms with van der Waals surface area (Å²) in [6, 6.07) is 9.70. The van der Waals surface area contributed by atoms with E-state index in [4.69, 9.17) is 4.74 Å². The summed E-state index contributed by atoms with van der Waals surface area (Å²) in [6.07, 6.45) is 0.449. The molecule has 2 rings (SSSR count). The second kappa shape index (κ2) is 5.36. The van der Waals surface area contributed by atoms with Crippen molar-refractivity contribution < 1.29 is 9.53 Å². The number of carbonyl (C=O) groups is 1. The molecule has 0 spiro atoms. The molecule has 0 aliphatic carbocycles. The second-order valence-electron chi connectivity index (χ2n) is 4.32. The smallest absolute Gasteiger partial charge is 0.177 e. The van der Waals surface area contributed by atoms with Gasteiger partial charge < -0.3 is 4.74 Å². The van der Waals surface area contributed by atoms with Crippen LogP contribution in [0.2, 0.25) is 0 Å². The van der Waals surface area contributed by atoms with Crippen molar-refractivity contribution in [3.63, 3.8) is 0 Å². The maximum atomic E-state index is 12.2. The Morgan fingerprint density at radius 3 is 2.39 bits per heavy atom. The van der Waals surface area contributed by atoms with E-state index in [1.165, 1.54) is 4.88 Å². The number of hydrogen-bond acceptors (Lipinski definition) is 3. The zero-order chi connectivity index (χ0) is 13.1. The summed E-state index contributed by atoms with van der Waals surface area (Å²) in [5.74, 6) is 1.00. The van der Waals surface area contributed by atoms with Gasteiger partial charge in [-0.25, -0.2) is 0 Å². The molecule has 0 amide bonds. The normalized spacial score (nSPS) is 10.4. The third kappa shape index (κ3) is 2.79. The van der Waals surface area contributed by atoms with Gasteiger partial charge in [0.05, 0.1) is 12.0 Å². The van der Waals surface area contributed by atoms with Gasteiger partial charge in [0.1, 0.15) is 5.75 Å². The van der Waals surface area contributed by atoms with Gasteiger partial charge in [0, 0.05) is 11.3 Å². The van der Waals surface area contributed by atoms with Crippen molar-refractivity contribution in [3.8, 4) is 5.75 Å². The minimum atomic E-state index is 0.191. The maximum absolute atomic E-state index is 12.2. The molecular weight excluding hydrogens is 244 g/mol. The molecule has 2 aromatic rings. The Morgan fingerprint density at radius 1 is 1.22 bits per heavy atom. The Morgan fingerprint density at radius 2 is 1.89 bits per heavy atom. The zero-order valence-corrected chi connectivity index (χ0v) is 11.6. The second-order valence-corrected chi connectivity index (χ2v) is 5.57. The van der Waals surface area contributed by atoms with Crippen LogP contribution in [0, 0.1) is 13.8 Å². The monoisotopic (exact) mass is 260 g/mol. The summed E-state index contributed by atoms with van der Waals surface area (Å²) in [5.41, 5.74) is 2.10. The Labute approximate surface area is 111 Å². The molecular formula is C15H16O2S. The Hall–Kier alpha value is -1.61. The van der Waals surface area contributed by atoms with E-state index in [0.29, 0.717) is 6.42 Å². The van der Waals surface area contributed by atoms with E-state index in [1.54, 1.807) is 18.4 Å². The van der Waals surface area contributed by atoms with Crippen LogP contribution in [-0.4, -0.2) is 12.9 Å². The van der Waals surface area contributed by atoms with Gasteiger partial charge in [0.2, 0.25) is 0 Å². The van der Waals surface area contributed by atoms with E-state index in [9.17, 15) is 4.79 Å². The van der Waals surface area contributed by atoms with Crippen LogP contribution in [0.15, 0.2) is 30.3 Å². The predicted octanol–water partition coefficient (Wildman–Crippen LogP) is 3.80. The van der Waals surface area contributed by atoms with Crippen LogP contribution in [0.25, 0.3) is 0 Å². The van der Waals surface area contributed by atoms with E-state index in [0.717, 1.165) is 21.8 Å². The first kappa shape index (κ1) is 12.8. The van der Waals surface area contributed by atoms with E-state index in [2.05, 4.69) is 6.07 Å². The highest BCUT2D eigenvalue weighted by molar-refractivity contribution is 7.14. The maximum Gasteiger partial charge on any atom is 0.177 e. The standard InChI is InChI=1S/C15H16O2S/c1-10-8-11(2)18-15(10)14(16)9-12-4-6-13(17-3)7-5-12/h4-8H,9H2,1-3H3. The van der Waals surface area contributed by atoms with Crippen LogP contribution in [0.5, 0.6) is 5.75 Å². The summed E-state index contributed by atoms with van der Waals surface area (Å²) in [6.45, 7) is 4.02. The van der Waals surface area contributed by atoms with Gasteiger partial charge in [-0.3, -0.25) is 4.79 Å². The SMILES string of the molecule is COc1ccc(CC(=O)c2sc(C)cc2C)cc1. The van der Waals surface area contributed by atoms with Gasteiger partial charge in [-0.2, -0.15) is 0 Å². The van der Waals surface area contributed by atoms with Gasteiger partial charge in [-0.1, -0.05) is 12.1 Å². The number of ketones is 1. The molecule has 2 nitrogen and oxygen atoms in total. The number of ether oxygens (including phenoxy) is 1. The largest absolute Gasteiger partial charge is 0.497 e. The molecule has 0 fully saturated rings. The lowest BCUT2D eigenvalue weighted by molar-refractivity contribution is 0.0996. The highest BCUT2D eigenvalue weighted by Gasteiger charge is 2.12. The Kier molecular flexibility index (Phi) is 3.82. The lowest BCUT2D eigenvalue weighted by atomic mass is 10.1. The van der Waals surface area contributed by atoms with Crippen molar-refractivity contribution in [1.29, 1.82) is 0 Å². The fourth-order valence-electron chi connectivity index (χ4n) is 1.93. The van der Waals surface area contributed by atoms with E-state index in [-0.39, 0.29) is 5.78 Å². The number of aryl methyl sites for hydroxylation is 2. The third-order valence-electron chi connectivity index (χ3n) is 2.82. The number of hydrogen-bond donors (Lipinski definition) is 0. The summed E-state index contributed by atoms with van der Waals surface area (Å²) < 4.78 is 5.10. The number of methoxy groups -OCH3 is 1. The molecule has 18 heavy (non-hydrogen) atoms. The summed E-state index contributed by atoms with van der Waals surface area (Å²) >= 11 is 1.58. The first-order valence-electron chi connectivity index (χ1n) is 5.83. The fourth-order valence-corrected chi connectivity index (χ4v) is 2.89. The van der Waals surface area contributed by atoms with Crippen LogP contribution in [0.4, 0.5) is 0 Å². The van der Waals surface area contributed by atoms with Crippen LogP contribution in [0.1, 0.15) is 25.7 Å². The van der Waals surface area contributed by atoms with E-state index < -0.39 is 0 Å². The fraction of sp³-hybridized carbons (Fsp3) is 0.267. The molecule has 0 unspecified atom stereocenters. The molecule has 94 valence electrons. The van der Waals surface area contributed by atoms with Crippen molar-refractivity contribution in [1.82, 2.24) is 0 Å². The third-order valence-corrected chi connectivity index (χ3v) is 4.01. The van der Waals surface area contributed by atoms with E-state index in [1.807, 2.05) is 38.1 Å². The van der Waals surface area contributed by atoms with Crippen molar-refractivity contribution in [2.45, 2.75) is 20.3 Å². The molecule has 1 heterocycles. The molecule has 0 bridgehead atoms. The molecule has 0 N–H and O–H groups in total. The predicted molar refractivity (Wildman–Crippen MR) is 74.8 cm³/mol. The summed E-state index contributed by atoms with van der Waals surface area (Å²) in [4.78, 5) is 14.2. The lowest BCUT2D eigenvalue weighted by Gasteiger charge is -2.03. The Bertz CT molecular complexity index is 552. The minimum absolute atomic E-state index is 0.191. The summed E-state index contributed by atoms with van der Waals surface area (Å²) in [5, 5.41) is 0. The quantitative estimate of drug-likeness (QED) is 0.782. The number of thiophene rings is 1. The molecule has 0 saturated carbocycles. The average molecular weight is 260 g/mol. The van der Waals surface area contributed by atoms with Gasteiger partial charge >= 0.3 is 0 Å². The number of rotatable bonds is 4. The minimum Gasteiger partial charge on any atom is -0.497 e. The van der Waals surface area contributed by atoms with E-state index >= 15 is 0 Å². The molecule has 1 aromatic carbocycles. The lowest BCUT2D eigenvalue weighted by Crippen LogP contribution is -2.02. The molecule has 3 heteroatoms. The Balaban J connectivity index is 2.13. The van der Waals surface area contributed by atoms with Gasteiger partial charge in [-0.15, -0.1) is 11.3 Å². The first-order valence-corrected chi connectivity index (χ1v) is 6.65. The highest BCUT2D eigenvalue weighted by atomic mass is 32.1. The average Bonchev–Trinajstić information content (AvgIpc) is 2.69. The van der Waals surface area contributed by atoms with Crippen molar-refractivity contribution in [2.75, 3.05) is 7.11 Å². The highest BCUT2D eigenvalue weighted by Crippen LogP contribution is 2.23. The molecule has 0 radical (unpaired) electrons. The molecule has 0 aliphatic rings. The molecule has 1 aromatic heterocycles. The zero-order valence-electron chi connectivity index (χ0n) is 10.8. The number of Topliss-reactive ketones (excluding diaryl/α,β-unsaturated/α-hetero) is 1. The van der Waals surface area contributed by atoms with Gasteiger partial charge in [0.15, 0.2) is 5.78 Å². The van der Waals surface area contributed by atoms with Gasteiger partial charge in [0.25, 0.3) is 0 Å². The molecule has 0 atom stereocenters. The van der Waals surface area contributed by atoms with Crippen molar-refractivity contribution in [3.05, 3.63) is 51.2 Å². The van der Waals surface area contributed by atoms with Crippen LogP contribution < -0.4 is 4.74 Å². The summed E-state index contributed by atoms with van der Waals surface area (Å²) in [7, 11) is 1.64. The van der Waals surface area contributed by atoms with Crippen LogP contribution in [-0.2, 0) is 6.42 Å². The molecule has 0 saturated heterocycles. The number of carbonyl (C=O) groups excluding carboxylic acids is 1. The molecule has 0 aliphatic heterocycles. The number of benzene rings is 1. The van der Waals surface area contributed by atoms with Gasteiger partial charge in [-0.05, 0) is 43.2 Å². The first-order chi connectivity index (χ1) is 8.60. The van der Waals surface area contributed by atoms with Crippen molar-refractivity contribution >= 4 is 17.1 Å². The van der Waals surface area contributed by atoms with Crippen LogP contribution >= 0.6 is 11.3 Å².